The third-order valence-corrected chi connectivity index (χ3v) is 3.64. The van der Waals surface area contributed by atoms with Crippen LogP contribution in [0.1, 0.15) is 11.1 Å². The first-order valence-corrected chi connectivity index (χ1v) is 7.11. The number of nitro benzene ring substituents is 1. The summed E-state index contributed by atoms with van der Waals surface area (Å²) in [6.45, 7) is 1.54. The van der Waals surface area contributed by atoms with E-state index in [0.717, 1.165) is 0 Å². The van der Waals surface area contributed by atoms with Crippen LogP contribution in [0.2, 0.25) is 5.02 Å². The lowest BCUT2D eigenvalue weighted by atomic mass is 10.2. The van der Waals surface area contributed by atoms with E-state index >= 15 is 0 Å². The van der Waals surface area contributed by atoms with Gasteiger partial charge in [0, 0.05) is 15.6 Å². The van der Waals surface area contributed by atoms with Crippen LogP contribution in [0, 0.1) is 17.0 Å². The fraction of sp³-hybridized carbons (Fsp3) is 0.143. The van der Waals surface area contributed by atoms with Gasteiger partial charge in [-0.15, -0.1) is 0 Å². The summed E-state index contributed by atoms with van der Waals surface area (Å²) in [6, 6.07) is 7.83. The second-order valence-corrected chi connectivity index (χ2v) is 5.66. The molecule has 0 aliphatic rings. The maximum Gasteiger partial charge on any atom is 0.312 e. The summed E-state index contributed by atoms with van der Waals surface area (Å²) in [6.07, 6.45) is 0. The van der Waals surface area contributed by atoms with E-state index in [-0.39, 0.29) is 18.0 Å². The number of aliphatic hydroxyl groups excluding tert-OH is 1. The molecule has 2 aromatic rings. The fourth-order valence-electron chi connectivity index (χ4n) is 1.82. The molecule has 7 heteroatoms. The number of rotatable bonds is 4. The molecule has 0 fully saturated rings. The zero-order chi connectivity index (χ0) is 15.6. The Morgan fingerprint density at radius 3 is 2.67 bits per heavy atom. The van der Waals surface area contributed by atoms with Crippen molar-refractivity contribution in [2.45, 2.75) is 13.5 Å². The first-order chi connectivity index (χ1) is 9.92. The van der Waals surface area contributed by atoms with E-state index in [0.29, 0.717) is 26.4 Å². The molecule has 0 aliphatic carbocycles. The van der Waals surface area contributed by atoms with Gasteiger partial charge < -0.3 is 9.84 Å². The van der Waals surface area contributed by atoms with Gasteiger partial charge in [0.2, 0.25) is 5.75 Å². The lowest BCUT2D eigenvalue weighted by Gasteiger charge is -2.11. The molecule has 0 saturated carbocycles. The molecule has 2 rings (SSSR count). The Bertz CT molecular complexity index is 706. The Hall–Kier alpha value is -1.63. The van der Waals surface area contributed by atoms with Gasteiger partial charge in [0.25, 0.3) is 0 Å². The van der Waals surface area contributed by atoms with Gasteiger partial charge in [-0.2, -0.15) is 0 Å². The molecule has 0 aromatic heterocycles. The summed E-state index contributed by atoms with van der Waals surface area (Å²) in [7, 11) is 0. The summed E-state index contributed by atoms with van der Waals surface area (Å²) in [5.41, 5.74) is 1.05. The lowest BCUT2D eigenvalue weighted by molar-refractivity contribution is -0.385. The van der Waals surface area contributed by atoms with Crippen molar-refractivity contribution in [3.63, 3.8) is 0 Å². The van der Waals surface area contributed by atoms with Crippen LogP contribution in [-0.4, -0.2) is 10.0 Å². The second kappa shape index (κ2) is 6.43. The molecular formula is C14H11BrClNO4. The van der Waals surface area contributed by atoms with Gasteiger partial charge >= 0.3 is 5.69 Å². The molecule has 0 heterocycles. The maximum absolute atomic E-state index is 11.1. The van der Waals surface area contributed by atoms with E-state index in [1.807, 2.05) is 0 Å². The van der Waals surface area contributed by atoms with Gasteiger partial charge in [0.15, 0.2) is 0 Å². The smallest absolute Gasteiger partial charge is 0.312 e. The molecule has 0 radical (unpaired) electrons. The number of halogens is 2. The lowest BCUT2D eigenvalue weighted by Crippen LogP contribution is -1.96. The van der Waals surface area contributed by atoms with Gasteiger partial charge in [-0.25, -0.2) is 0 Å². The molecule has 0 atom stereocenters. The van der Waals surface area contributed by atoms with Crippen LogP contribution in [-0.2, 0) is 6.61 Å². The standard InChI is InChI=1S/C14H11BrClNO4/c1-8-4-10(15)5-13(17(19)20)14(8)21-11-3-2-9(7-18)12(16)6-11/h2-6,18H,7H2,1H3. The summed E-state index contributed by atoms with van der Waals surface area (Å²) in [4.78, 5) is 10.6. The van der Waals surface area contributed by atoms with Crippen molar-refractivity contribution in [1.82, 2.24) is 0 Å². The highest BCUT2D eigenvalue weighted by Gasteiger charge is 2.20. The number of hydrogen-bond acceptors (Lipinski definition) is 4. The molecule has 2 aromatic carbocycles. The van der Waals surface area contributed by atoms with Crippen LogP contribution in [0.4, 0.5) is 5.69 Å². The van der Waals surface area contributed by atoms with Crippen LogP contribution >= 0.6 is 27.5 Å². The van der Waals surface area contributed by atoms with E-state index in [1.54, 1.807) is 25.1 Å². The van der Waals surface area contributed by atoms with Gasteiger partial charge in [0.05, 0.1) is 11.5 Å². The van der Waals surface area contributed by atoms with E-state index < -0.39 is 4.92 Å². The number of aryl methyl sites for hydroxylation is 1. The van der Waals surface area contributed by atoms with Crippen molar-refractivity contribution in [2.24, 2.45) is 0 Å². The summed E-state index contributed by atoms with van der Waals surface area (Å²) >= 11 is 9.20. The molecule has 5 nitrogen and oxygen atoms in total. The highest BCUT2D eigenvalue weighted by Crippen LogP contribution is 2.38. The molecule has 0 spiro atoms. The average Bonchev–Trinajstić information content (AvgIpc) is 2.41. The number of hydrogen-bond donors (Lipinski definition) is 1. The monoisotopic (exact) mass is 371 g/mol. The van der Waals surface area contributed by atoms with Crippen LogP contribution < -0.4 is 4.74 Å². The predicted octanol–water partition coefficient (Wildman–Crippen LogP) is 4.60. The minimum Gasteiger partial charge on any atom is -0.450 e. The highest BCUT2D eigenvalue weighted by atomic mass is 79.9. The Kier molecular flexibility index (Phi) is 4.82. The fourth-order valence-corrected chi connectivity index (χ4v) is 2.61. The number of ether oxygens (including phenoxy) is 1. The van der Waals surface area contributed by atoms with E-state index in [4.69, 9.17) is 21.4 Å². The van der Waals surface area contributed by atoms with E-state index in [2.05, 4.69) is 15.9 Å². The van der Waals surface area contributed by atoms with Crippen molar-refractivity contribution in [2.75, 3.05) is 0 Å². The quantitative estimate of drug-likeness (QED) is 0.628. The highest BCUT2D eigenvalue weighted by molar-refractivity contribution is 9.10. The largest absolute Gasteiger partial charge is 0.450 e. The van der Waals surface area contributed by atoms with Gasteiger partial charge in [0.1, 0.15) is 5.75 Å². The number of nitro groups is 1. The zero-order valence-corrected chi connectivity index (χ0v) is 13.3. The summed E-state index contributed by atoms with van der Waals surface area (Å²) in [5, 5.41) is 20.5. The number of benzene rings is 2. The van der Waals surface area contributed by atoms with Crippen LogP contribution in [0.3, 0.4) is 0 Å². The minimum atomic E-state index is -0.503. The first-order valence-electron chi connectivity index (χ1n) is 5.94. The van der Waals surface area contributed by atoms with Gasteiger partial charge in [-0.3, -0.25) is 10.1 Å². The van der Waals surface area contributed by atoms with E-state index in [9.17, 15) is 10.1 Å². The topological polar surface area (TPSA) is 72.6 Å². The molecule has 1 N–H and O–H groups in total. The molecule has 0 unspecified atom stereocenters. The second-order valence-electron chi connectivity index (χ2n) is 4.34. The maximum atomic E-state index is 11.1. The molecule has 0 bridgehead atoms. The number of aliphatic hydroxyl groups is 1. The van der Waals surface area contributed by atoms with Crippen molar-refractivity contribution in [3.8, 4) is 11.5 Å². The van der Waals surface area contributed by atoms with Crippen molar-refractivity contribution in [3.05, 3.63) is 61.1 Å². The van der Waals surface area contributed by atoms with Gasteiger partial charge in [-0.05, 0) is 36.2 Å². The molecule has 0 saturated heterocycles. The number of nitrogens with zero attached hydrogens (tertiary/aromatic N) is 1. The van der Waals surface area contributed by atoms with Gasteiger partial charge in [-0.1, -0.05) is 33.6 Å². The molecule has 0 amide bonds. The molecule has 0 aliphatic heterocycles. The third kappa shape index (κ3) is 3.53. The molecule has 110 valence electrons. The van der Waals surface area contributed by atoms with E-state index in [1.165, 1.54) is 12.1 Å². The van der Waals surface area contributed by atoms with Crippen molar-refractivity contribution in [1.29, 1.82) is 0 Å². The normalized spacial score (nSPS) is 10.5. The zero-order valence-electron chi connectivity index (χ0n) is 11.0. The average molecular weight is 373 g/mol. The van der Waals surface area contributed by atoms with Crippen LogP contribution in [0.5, 0.6) is 11.5 Å². The SMILES string of the molecule is Cc1cc(Br)cc([N+](=O)[O-])c1Oc1ccc(CO)c(Cl)c1. The molecular weight excluding hydrogens is 362 g/mol. The summed E-state index contributed by atoms with van der Waals surface area (Å²) in [5.74, 6) is 0.529. The first kappa shape index (κ1) is 15.8. The molecule has 21 heavy (non-hydrogen) atoms. The Balaban J connectivity index is 2.44. The third-order valence-electron chi connectivity index (χ3n) is 2.83. The Morgan fingerprint density at radius 2 is 2.10 bits per heavy atom. The summed E-state index contributed by atoms with van der Waals surface area (Å²) < 4.78 is 6.21. The predicted molar refractivity (Wildman–Crippen MR) is 83.0 cm³/mol. The van der Waals surface area contributed by atoms with Crippen LogP contribution in [0.15, 0.2) is 34.8 Å². The van der Waals surface area contributed by atoms with Crippen LogP contribution in [0.25, 0.3) is 0 Å². The minimum absolute atomic E-state index is 0.135. The van der Waals surface area contributed by atoms with Crippen molar-refractivity contribution >= 4 is 33.2 Å². The Morgan fingerprint density at radius 1 is 1.38 bits per heavy atom. The Labute approximate surface area is 134 Å². The van der Waals surface area contributed by atoms with Crippen molar-refractivity contribution < 1.29 is 14.8 Å².